The van der Waals surface area contributed by atoms with E-state index in [0.29, 0.717) is 0 Å². The fourth-order valence-corrected chi connectivity index (χ4v) is 1.03. The van der Waals surface area contributed by atoms with Crippen LogP contribution >= 0.6 is 0 Å². The molecule has 1 rings (SSSR count). The molecule has 1 saturated heterocycles. The Morgan fingerprint density at radius 3 is 2.06 bits per heavy atom. The van der Waals surface area contributed by atoms with E-state index in [2.05, 4.69) is 4.74 Å². The van der Waals surface area contributed by atoms with Crippen LogP contribution in [0.25, 0.3) is 0 Å². The summed E-state index contributed by atoms with van der Waals surface area (Å²) in [5.41, 5.74) is -2.65. The lowest BCUT2D eigenvalue weighted by Crippen LogP contribution is -2.49. The van der Waals surface area contributed by atoms with Crippen molar-refractivity contribution in [2.45, 2.75) is 18.1 Å². The van der Waals surface area contributed by atoms with E-state index in [9.17, 15) is 23.7 Å². The van der Waals surface area contributed by atoms with Gasteiger partial charge in [0.25, 0.3) is 0 Å². The number of carboxylic acids is 2. The maximum atomic E-state index is 10.6. The zero-order valence-electron chi connectivity index (χ0n) is 9.08. The molecule has 98 valence electrons. The molecule has 0 radical (unpaired) electrons. The van der Waals surface area contributed by atoms with Crippen LogP contribution in [-0.2, 0) is 29.9 Å². The highest BCUT2D eigenvalue weighted by atomic mass is 32.2. The van der Waals surface area contributed by atoms with Crippen molar-refractivity contribution in [1.29, 1.82) is 0 Å². The lowest BCUT2D eigenvalue weighted by atomic mass is 9.96. The number of ether oxygens (including phenoxy) is 1. The Hall–Kier alpha value is -1.48. The number of esters is 1. The number of rotatable bonds is 2. The van der Waals surface area contributed by atoms with Crippen LogP contribution in [0.5, 0.6) is 0 Å². The molecule has 1 aliphatic heterocycles. The second-order valence-corrected chi connectivity index (χ2v) is 4.84. The molecule has 8 nitrogen and oxygen atoms in total. The van der Waals surface area contributed by atoms with E-state index in [1.54, 1.807) is 12.5 Å². The Labute approximate surface area is 98.6 Å². The molecule has 1 aliphatic rings. The number of carbonyl (C=O) groups is 3. The molecule has 1 fully saturated rings. The lowest BCUT2D eigenvalue weighted by molar-refractivity contribution is -0.176. The molecule has 1 heterocycles. The van der Waals surface area contributed by atoms with Crippen molar-refractivity contribution in [3.63, 3.8) is 0 Å². The maximum Gasteiger partial charge on any atom is 0.348 e. The Morgan fingerprint density at radius 1 is 1.41 bits per heavy atom. The van der Waals surface area contributed by atoms with E-state index in [1.807, 2.05) is 0 Å². The first-order chi connectivity index (χ1) is 7.61. The third kappa shape index (κ3) is 4.11. The molecule has 17 heavy (non-hydrogen) atoms. The molecule has 0 aromatic carbocycles. The largest absolute Gasteiger partial charge is 0.479 e. The summed E-state index contributed by atoms with van der Waals surface area (Å²) in [5, 5.41) is 26.1. The topological polar surface area (TPSA) is 138 Å². The van der Waals surface area contributed by atoms with Crippen LogP contribution in [0.4, 0.5) is 0 Å². The first-order valence-corrected chi connectivity index (χ1v) is 6.21. The first-order valence-electron chi connectivity index (χ1n) is 4.24. The number of hydrogen-bond acceptors (Lipinski definition) is 6. The SMILES string of the molecule is CS(C)=O.O=C1C[C@](O)(C(=O)O)[C@@H](C(=O)O)O1. The molecule has 3 N–H and O–H groups in total. The van der Waals surface area contributed by atoms with Gasteiger partial charge in [-0.2, -0.15) is 0 Å². The summed E-state index contributed by atoms with van der Waals surface area (Å²) in [6.07, 6.45) is 0.400. The lowest BCUT2D eigenvalue weighted by Gasteiger charge is -2.18. The van der Waals surface area contributed by atoms with E-state index in [-0.39, 0.29) is 0 Å². The summed E-state index contributed by atoms with van der Waals surface area (Å²) in [7, 11) is -0.611. The zero-order valence-corrected chi connectivity index (χ0v) is 9.89. The third-order valence-corrected chi connectivity index (χ3v) is 1.69. The number of carbonyl (C=O) groups excluding carboxylic acids is 1. The minimum absolute atomic E-state index is 0.611. The van der Waals surface area contributed by atoms with Gasteiger partial charge in [0.2, 0.25) is 11.7 Å². The van der Waals surface area contributed by atoms with Gasteiger partial charge in [-0.25, -0.2) is 9.59 Å². The van der Waals surface area contributed by atoms with Crippen molar-refractivity contribution < 1.29 is 38.6 Å². The highest BCUT2D eigenvalue weighted by Gasteiger charge is 2.58. The standard InChI is InChI=1S/C6H6O7.C2H6OS/c7-2-1-6(12,5(10)11)3(13-2)4(8)9;1-4(2)3/h3,12H,1H2,(H,8,9)(H,10,11);1-2H3/t3-,6-;/m1./s1. The van der Waals surface area contributed by atoms with Crippen molar-refractivity contribution in [2.24, 2.45) is 0 Å². The molecule has 0 unspecified atom stereocenters. The average Bonchev–Trinajstić information content (AvgIpc) is 2.41. The van der Waals surface area contributed by atoms with Crippen molar-refractivity contribution in [2.75, 3.05) is 12.5 Å². The highest BCUT2D eigenvalue weighted by Crippen LogP contribution is 2.27. The van der Waals surface area contributed by atoms with Crippen LogP contribution in [0, 0.1) is 0 Å². The van der Waals surface area contributed by atoms with Gasteiger partial charge in [0.15, 0.2) is 0 Å². The van der Waals surface area contributed by atoms with Gasteiger partial charge in [0.1, 0.15) is 0 Å². The average molecular weight is 268 g/mol. The maximum absolute atomic E-state index is 10.6. The smallest absolute Gasteiger partial charge is 0.348 e. The molecule has 0 spiro atoms. The van der Waals surface area contributed by atoms with Gasteiger partial charge in [-0.3, -0.25) is 9.00 Å². The van der Waals surface area contributed by atoms with E-state index in [1.165, 1.54) is 0 Å². The summed E-state index contributed by atoms with van der Waals surface area (Å²) < 4.78 is 13.7. The second kappa shape index (κ2) is 5.73. The molecular formula is C8H12O8S. The van der Waals surface area contributed by atoms with Crippen molar-refractivity contribution in [1.82, 2.24) is 0 Å². The van der Waals surface area contributed by atoms with Gasteiger partial charge in [0, 0.05) is 23.3 Å². The molecule has 9 heteroatoms. The van der Waals surface area contributed by atoms with E-state index in [0.717, 1.165) is 0 Å². The Morgan fingerprint density at radius 2 is 1.82 bits per heavy atom. The molecule has 0 aliphatic carbocycles. The van der Waals surface area contributed by atoms with Gasteiger partial charge in [-0.15, -0.1) is 0 Å². The summed E-state index contributed by atoms with van der Waals surface area (Å²) in [5.74, 6) is -4.51. The van der Waals surface area contributed by atoms with Crippen LogP contribution in [0.3, 0.4) is 0 Å². The number of aliphatic carboxylic acids is 2. The van der Waals surface area contributed by atoms with Crippen LogP contribution in [0.1, 0.15) is 6.42 Å². The molecule has 0 aromatic heterocycles. The van der Waals surface area contributed by atoms with Crippen molar-refractivity contribution in [3.05, 3.63) is 0 Å². The van der Waals surface area contributed by atoms with E-state index in [4.69, 9.17) is 10.2 Å². The fraction of sp³-hybridized carbons (Fsp3) is 0.625. The van der Waals surface area contributed by atoms with Crippen LogP contribution in [-0.4, -0.2) is 61.7 Å². The van der Waals surface area contributed by atoms with Crippen LogP contribution < -0.4 is 0 Å². The van der Waals surface area contributed by atoms with E-state index >= 15 is 0 Å². The first kappa shape index (κ1) is 15.5. The molecule has 0 aromatic rings. The molecule has 0 saturated carbocycles. The van der Waals surface area contributed by atoms with Gasteiger partial charge in [0.05, 0.1) is 6.42 Å². The Kier molecular flexibility index (Phi) is 5.23. The van der Waals surface area contributed by atoms with Gasteiger partial charge >= 0.3 is 17.9 Å². The van der Waals surface area contributed by atoms with Crippen LogP contribution in [0.2, 0.25) is 0 Å². The van der Waals surface area contributed by atoms with E-state index < -0.39 is 46.8 Å². The Bertz CT molecular complexity index is 361. The number of carboxylic acid groups (broad SMARTS) is 2. The summed E-state index contributed by atoms with van der Waals surface area (Å²) in [6, 6.07) is 0. The zero-order chi connectivity index (χ0) is 13.8. The number of cyclic esters (lactones) is 1. The monoisotopic (exact) mass is 268 g/mol. The van der Waals surface area contributed by atoms with Gasteiger partial charge in [-0.1, -0.05) is 0 Å². The predicted octanol–water partition coefficient (Wildman–Crippen LogP) is -1.80. The molecular weight excluding hydrogens is 256 g/mol. The Balaban J connectivity index is 0.000000557. The quantitative estimate of drug-likeness (QED) is 0.498. The molecule has 0 bridgehead atoms. The molecule has 2 atom stereocenters. The third-order valence-electron chi connectivity index (χ3n) is 1.69. The normalized spacial score (nSPS) is 27.1. The summed E-state index contributed by atoms with van der Waals surface area (Å²) in [4.78, 5) is 31.4. The predicted molar refractivity (Wildman–Crippen MR) is 54.7 cm³/mol. The minimum atomic E-state index is -2.65. The highest BCUT2D eigenvalue weighted by molar-refractivity contribution is 7.83. The van der Waals surface area contributed by atoms with Crippen LogP contribution in [0.15, 0.2) is 0 Å². The summed E-state index contributed by atoms with van der Waals surface area (Å²) >= 11 is 0. The van der Waals surface area contributed by atoms with Gasteiger partial charge < -0.3 is 20.1 Å². The fourth-order valence-electron chi connectivity index (χ4n) is 1.03. The second-order valence-electron chi connectivity index (χ2n) is 3.36. The number of hydrogen-bond donors (Lipinski definition) is 3. The minimum Gasteiger partial charge on any atom is -0.479 e. The van der Waals surface area contributed by atoms with Crippen molar-refractivity contribution >= 4 is 28.7 Å². The van der Waals surface area contributed by atoms with Gasteiger partial charge in [-0.05, 0) is 0 Å². The summed E-state index contributed by atoms with van der Waals surface area (Å²) in [6.45, 7) is 0. The number of aliphatic hydroxyl groups is 1. The van der Waals surface area contributed by atoms with Crippen molar-refractivity contribution in [3.8, 4) is 0 Å². The molecule has 0 amide bonds.